The summed E-state index contributed by atoms with van der Waals surface area (Å²) in [6, 6.07) is 0.315. The molecular formula is C12H25N3O2. The van der Waals surface area contributed by atoms with Crippen LogP contribution in [0.2, 0.25) is 0 Å². The van der Waals surface area contributed by atoms with Crippen molar-refractivity contribution in [2.75, 3.05) is 40.3 Å². The van der Waals surface area contributed by atoms with Crippen LogP contribution in [0.4, 0.5) is 0 Å². The molecule has 0 spiro atoms. The lowest BCUT2D eigenvalue weighted by Gasteiger charge is -2.35. The molecule has 0 aromatic rings. The van der Waals surface area contributed by atoms with Crippen LogP contribution in [0.5, 0.6) is 0 Å². The Morgan fingerprint density at radius 3 is 2.82 bits per heavy atom. The average molecular weight is 243 g/mol. The molecule has 0 radical (unpaired) electrons. The fourth-order valence-electron chi connectivity index (χ4n) is 2.11. The monoisotopic (exact) mass is 243 g/mol. The van der Waals surface area contributed by atoms with E-state index in [2.05, 4.69) is 22.5 Å². The lowest BCUT2D eigenvalue weighted by atomic mass is 10.1. The first-order chi connectivity index (χ1) is 8.06. The van der Waals surface area contributed by atoms with Crippen LogP contribution in [0.15, 0.2) is 0 Å². The van der Waals surface area contributed by atoms with E-state index in [1.54, 1.807) is 7.05 Å². The maximum Gasteiger partial charge on any atom is 0.223 e. The fraction of sp³-hybridized carbons (Fsp3) is 0.917. The Bertz CT molecular complexity index is 242. The van der Waals surface area contributed by atoms with Crippen LogP contribution in [0.25, 0.3) is 0 Å². The number of rotatable bonds is 5. The second-order valence-electron chi connectivity index (χ2n) is 4.81. The van der Waals surface area contributed by atoms with E-state index in [1.165, 1.54) is 0 Å². The molecular weight excluding hydrogens is 218 g/mol. The van der Waals surface area contributed by atoms with Gasteiger partial charge in [-0.2, -0.15) is 0 Å². The lowest BCUT2D eigenvalue weighted by Crippen LogP contribution is -2.51. The molecule has 1 amide bonds. The summed E-state index contributed by atoms with van der Waals surface area (Å²) in [5.74, 6) is 0.0933. The number of hydrogen-bond acceptors (Lipinski definition) is 4. The molecule has 1 saturated heterocycles. The molecule has 2 N–H and O–H groups in total. The molecule has 5 nitrogen and oxygen atoms in total. The van der Waals surface area contributed by atoms with Crippen LogP contribution in [0.1, 0.15) is 13.8 Å². The summed E-state index contributed by atoms with van der Waals surface area (Å²) in [7, 11) is 3.72. The van der Waals surface area contributed by atoms with E-state index in [-0.39, 0.29) is 17.9 Å². The molecule has 1 aliphatic rings. The SMILES string of the molecule is CNC(=O)C(C)CN(C)C(C)C1CNCCO1. The van der Waals surface area contributed by atoms with Gasteiger partial charge in [0.1, 0.15) is 0 Å². The molecule has 3 atom stereocenters. The van der Waals surface area contributed by atoms with Crippen molar-refractivity contribution in [1.29, 1.82) is 0 Å². The van der Waals surface area contributed by atoms with Crippen LogP contribution in [0.3, 0.4) is 0 Å². The molecule has 1 heterocycles. The summed E-state index contributed by atoms with van der Waals surface area (Å²) >= 11 is 0. The Labute approximate surface area is 104 Å². The average Bonchev–Trinajstić information content (AvgIpc) is 2.37. The number of carbonyl (C=O) groups is 1. The Kier molecular flexibility index (Phi) is 5.88. The molecule has 1 aliphatic heterocycles. The van der Waals surface area contributed by atoms with Gasteiger partial charge in [-0.25, -0.2) is 0 Å². The molecule has 0 saturated carbocycles. The van der Waals surface area contributed by atoms with Gasteiger partial charge in [-0.3, -0.25) is 4.79 Å². The van der Waals surface area contributed by atoms with Crippen LogP contribution in [0, 0.1) is 5.92 Å². The topological polar surface area (TPSA) is 53.6 Å². The van der Waals surface area contributed by atoms with E-state index < -0.39 is 0 Å². The van der Waals surface area contributed by atoms with Gasteiger partial charge in [-0.05, 0) is 14.0 Å². The quantitative estimate of drug-likeness (QED) is 0.695. The maximum atomic E-state index is 11.5. The van der Waals surface area contributed by atoms with Crippen LogP contribution >= 0.6 is 0 Å². The van der Waals surface area contributed by atoms with Gasteiger partial charge in [0.15, 0.2) is 0 Å². The Morgan fingerprint density at radius 2 is 2.29 bits per heavy atom. The van der Waals surface area contributed by atoms with Crippen molar-refractivity contribution in [2.24, 2.45) is 5.92 Å². The van der Waals surface area contributed by atoms with E-state index in [1.807, 2.05) is 14.0 Å². The zero-order valence-electron chi connectivity index (χ0n) is 11.3. The van der Waals surface area contributed by atoms with Gasteiger partial charge < -0.3 is 20.3 Å². The van der Waals surface area contributed by atoms with Crippen molar-refractivity contribution < 1.29 is 9.53 Å². The molecule has 0 aliphatic carbocycles. The third kappa shape index (κ3) is 4.26. The molecule has 3 unspecified atom stereocenters. The van der Waals surface area contributed by atoms with E-state index in [9.17, 15) is 4.79 Å². The van der Waals surface area contributed by atoms with Gasteiger partial charge in [0.25, 0.3) is 0 Å². The number of nitrogens with one attached hydrogen (secondary N) is 2. The Hall–Kier alpha value is -0.650. The predicted octanol–water partition coefficient (Wildman–Crippen LogP) is -0.323. The van der Waals surface area contributed by atoms with E-state index in [0.29, 0.717) is 6.04 Å². The van der Waals surface area contributed by atoms with Gasteiger partial charge in [0.05, 0.1) is 12.7 Å². The Balaban J connectivity index is 2.39. The highest BCUT2D eigenvalue weighted by atomic mass is 16.5. The number of nitrogens with zero attached hydrogens (tertiary/aromatic N) is 1. The molecule has 100 valence electrons. The first kappa shape index (κ1) is 14.4. The van der Waals surface area contributed by atoms with Crippen molar-refractivity contribution >= 4 is 5.91 Å². The smallest absolute Gasteiger partial charge is 0.223 e. The number of ether oxygens (including phenoxy) is 1. The third-order valence-corrected chi connectivity index (χ3v) is 3.45. The summed E-state index contributed by atoms with van der Waals surface area (Å²) < 4.78 is 5.72. The third-order valence-electron chi connectivity index (χ3n) is 3.45. The summed E-state index contributed by atoms with van der Waals surface area (Å²) in [5.41, 5.74) is 0. The molecule has 0 aromatic carbocycles. The normalized spacial score (nSPS) is 24.4. The van der Waals surface area contributed by atoms with E-state index in [4.69, 9.17) is 4.74 Å². The summed E-state index contributed by atoms with van der Waals surface area (Å²) in [6.45, 7) is 7.44. The summed E-state index contributed by atoms with van der Waals surface area (Å²) in [4.78, 5) is 13.7. The van der Waals surface area contributed by atoms with Crippen LogP contribution in [-0.4, -0.2) is 63.3 Å². The second-order valence-corrected chi connectivity index (χ2v) is 4.81. The first-order valence-electron chi connectivity index (χ1n) is 6.30. The van der Waals surface area contributed by atoms with Gasteiger partial charge in [-0.1, -0.05) is 6.92 Å². The number of likely N-dealkylation sites (N-methyl/N-ethyl adjacent to an activating group) is 1. The minimum absolute atomic E-state index is 0.00370. The summed E-state index contributed by atoms with van der Waals surface area (Å²) in [5, 5.41) is 6.01. The van der Waals surface area contributed by atoms with Crippen LogP contribution < -0.4 is 10.6 Å². The van der Waals surface area contributed by atoms with Crippen molar-refractivity contribution in [3.8, 4) is 0 Å². The van der Waals surface area contributed by atoms with E-state index >= 15 is 0 Å². The minimum Gasteiger partial charge on any atom is -0.374 e. The van der Waals surface area contributed by atoms with Crippen molar-refractivity contribution in [2.45, 2.75) is 26.0 Å². The molecule has 0 bridgehead atoms. The Morgan fingerprint density at radius 1 is 1.59 bits per heavy atom. The number of carbonyl (C=O) groups excluding carboxylic acids is 1. The number of amides is 1. The maximum absolute atomic E-state index is 11.5. The van der Waals surface area contributed by atoms with Gasteiger partial charge in [-0.15, -0.1) is 0 Å². The molecule has 0 aromatic heterocycles. The summed E-state index contributed by atoms with van der Waals surface area (Å²) in [6.07, 6.45) is 0.214. The fourth-order valence-corrected chi connectivity index (χ4v) is 2.11. The lowest BCUT2D eigenvalue weighted by molar-refractivity contribution is -0.125. The molecule has 17 heavy (non-hydrogen) atoms. The largest absolute Gasteiger partial charge is 0.374 e. The minimum atomic E-state index is 0.00370. The number of morpholine rings is 1. The van der Waals surface area contributed by atoms with Gasteiger partial charge in [0, 0.05) is 38.6 Å². The van der Waals surface area contributed by atoms with Gasteiger partial charge in [0.2, 0.25) is 5.91 Å². The first-order valence-corrected chi connectivity index (χ1v) is 6.30. The zero-order valence-corrected chi connectivity index (χ0v) is 11.3. The van der Waals surface area contributed by atoms with Crippen molar-refractivity contribution in [3.05, 3.63) is 0 Å². The zero-order chi connectivity index (χ0) is 12.8. The van der Waals surface area contributed by atoms with Crippen LogP contribution in [-0.2, 0) is 9.53 Å². The van der Waals surface area contributed by atoms with Gasteiger partial charge >= 0.3 is 0 Å². The highest BCUT2D eigenvalue weighted by Gasteiger charge is 2.25. The van der Waals surface area contributed by atoms with Crippen molar-refractivity contribution in [1.82, 2.24) is 15.5 Å². The van der Waals surface area contributed by atoms with E-state index in [0.717, 1.165) is 26.2 Å². The molecule has 1 fully saturated rings. The second kappa shape index (κ2) is 6.93. The highest BCUT2D eigenvalue weighted by molar-refractivity contribution is 5.78. The standard InChI is InChI=1S/C12H25N3O2/c1-9(12(16)13-3)8-15(4)10(2)11-7-14-5-6-17-11/h9-11,14H,5-8H2,1-4H3,(H,13,16). The van der Waals surface area contributed by atoms with Crippen molar-refractivity contribution in [3.63, 3.8) is 0 Å². The molecule has 1 rings (SSSR count). The highest BCUT2D eigenvalue weighted by Crippen LogP contribution is 2.10. The number of hydrogen-bond donors (Lipinski definition) is 2. The molecule has 5 heteroatoms. The predicted molar refractivity (Wildman–Crippen MR) is 67.9 cm³/mol.